The lowest BCUT2D eigenvalue weighted by molar-refractivity contribution is 0.0949. The largest absolute Gasteiger partial charge is 0.319 e. The SMILES string of the molecule is N#Cc1ccc(/C=N\NC(=O)c2nc3ccccc3[nH]c2=O)cc1. The summed E-state index contributed by atoms with van der Waals surface area (Å²) in [5.41, 5.74) is 3.72. The van der Waals surface area contributed by atoms with Crippen molar-refractivity contribution in [3.8, 4) is 6.07 Å². The third kappa shape index (κ3) is 3.18. The van der Waals surface area contributed by atoms with Gasteiger partial charge in [0, 0.05) is 0 Å². The highest BCUT2D eigenvalue weighted by Gasteiger charge is 2.12. The number of amides is 1. The molecule has 0 saturated carbocycles. The number of nitrogens with zero attached hydrogens (tertiary/aromatic N) is 3. The maximum absolute atomic E-state index is 12.0. The third-order valence-corrected chi connectivity index (χ3v) is 3.23. The minimum atomic E-state index is -0.702. The topological polar surface area (TPSA) is 111 Å². The number of carbonyl (C=O) groups excluding carboxylic acids is 1. The lowest BCUT2D eigenvalue weighted by atomic mass is 10.2. The van der Waals surface area contributed by atoms with E-state index >= 15 is 0 Å². The molecule has 1 aromatic heterocycles. The van der Waals surface area contributed by atoms with Crippen molar-refractivity contribution >= 4 is 23.2 Å². The average molecular weight is 317 g/mol. The zero-order chi connectivity index (χ0) is 16.9. The number of fused-ring (bicyclic) bond motifs is 1. The summed E-state index contributed by atoms with van der Waals surface area (Å²) in [6.45, 7) is 0. The molecule has 116 valence electrons. The Morgan fingerprint density at radius 1 is 1.21 bits per heavy atom. The van der Waals surface area contributed by atoms with Crippen molar-refractivity contribution in [2.75, 3.05) is 0 Å². The van der Waals surface area contributed by atoms with Gasteiger partial charge in [-0.1, -0.05) is 24.3 Å². The second kappa shape index (κ2) is 6.54. The number of aromatic nitrogens is 2. The summed E-state index contributed by atoms with van der Waals surface area (Å²) >= 11 is 0. The molecule has 24 heavy (non-hydrogen) atoms. The Labute approximate surface area is 136 Å². The van der Waals surface area contributed by atoms with Gasteiger partial charge < -0.3 is 4.98 Å². The van der Waals surface area contributed by atoms with E-state index in [1.165, 1.54) is 6.21 Å². The van der Waals surface area contributed by atoms with Gasteiger partial charge in [0.25, 0.3) is 11.5 Å². The Hall–Kier alpha value is -3.79. The van der Waals surface area contributed by atoms with E-state index in [-0.39, 0.29) is 5.69 Å². The first-order valence-electron chi connectivity index (χ1n) is 7.00. The van der Waals surface area contributed by atoms with E-state index < -0.39 is 11.5 Å². The summed E-state index contributed by atoms with van der Waals surface area (Å²) in [5.74, 6) is -0.702. The highest BCUT2D eigenvalue weighted by molar-refractivity contribution is 5.94. The van der Waals surface area contributed by atoms with E-state index in [1.54, 1.807) is 48.5 Å². The van der Waals surface area contributed by atoms with Crippen LogP contribution in [0.3, 0.4) is 0 Å². The number of nitrogens with one attached hydrogen (secondary N) is 2. The standard InChI is InChI=1S/C17H11N5O2/c18-9-11-5-7-12(8-6-11)10-19-22-17(24)15-16(23)21-14-4-2-1-3-13(14)20-15/h1-8,10H,(H,21,23)(H,22,24)/b19-10-. The molecule has 0 radical (unpaired) electrons. The van der Waals surface area contributed by atoms with Gasteiger partial charge >= 0.3 is 0 Å². The Morgan fingerprint density at radius 3 is 2.71 bits per heavy atom. The summed E-state index contributed by atoms with van der Waals surface area (Å²) in [6, 6.07) is 15.6. The third-order valence-electron chi connectivity index (χ3n) is 3.23. The van der Waals surface area contributed by atoms with Gasteiger partial charge in [0.05, 0.1) is 28.9 Å². The van der Waals surface area contributed by atoms with Gasteiger partial charge in [-0.05, 0) is 29.8 Å². The van der Waals surface area contributed by atoms with Crippen LogP contribution in [0.1, 0.15) is 21.6 Å². The number of para-hydroxylation sites is 2. The molecule has 0 aliphatic carbocycles. The summed E-state index contributed by atoms with van der Waals surface area (Å²) < 4.78 is 0. The van der Waals surface area contributed by atoms with Crippen LogP contribution in [0.15, 0.2) is 58.4 Å². The van der Waals surface area contributed by atoms with Crippen LogP contribution in [0.5, 0.6) is 0 Å². The van der Waals surface area contributed by atoms with Gasteiger partial charge in [0.1, 0.15) is 0 Å². The van der Waals surface area contributed by atoms with E-state index in [2.05, 4.69) is 20.5 Å². The van der Waals surface area contributed by atoms with E-state index in [0.717, 1.165) is 0 Å². The average Bonchev–Trinajstić information content (AvgIpc) is 2.61. The first-order valence-corrected chi connectivity index (χ1v) is 7.00. The monoisotopic (exact) mass is 317 g/mol. The van der Waals surface area contributed by atoms with Crippen LogP contribution in [-0.4, -0.2) is 22.1 Å². The predicted octanol–water partition coefficient (Wildman–Crippen LogP) is 1.56. The number of hydrazone groups is 1. The molecule has 0 aliphatic rings. The molecule has 1 amide bonds. The Balaban J connectivity index is 1.77. The van der Waals surface area contributed by atoms with Crippen LogP contribution >= 0.6 is 0 Å². The summed E-state index contributed by atoms with van der Waals surface area (Å²) in [5, 5.41) is 12.5. The minimum Gasteiger partial charge on any atom is -0.319 e. The van der Waals surface area contributed by atoms with Crippen molar-refractivity contribution in [2.24, 2.45) is 5.10 Å². The number of carbonyl (C=O) groups is 1. The van der Waals surface area contributed by atoms with Crippen molar-refractivity contribution in [3.05, 3.63) is 75.7 Å². The normalized spacial score (nSPS) is 10.6. The Bertz CT molecular complexity index is 1030. The van der Waals surface area contributed by atoms with Crippen molar-refractivity contribution in [1.29, 1.82) is 5.26 Å². The molecular weight excluding hydrogens is 306 g/mol. The Kier molecular flexibility index (Phi) is 4.12. The number of H-pyrrole nitrogens is 1. The van der Waals surface area contributed by atoms with Gasteiger partial charge in [0.2, 0.25) is 0 Å². The minimum absolute atomic E-state index is 0.259. The van der Waals surface area contributed by atoms with Gasteiger partial charge in [-0.2, -0.15) is 10.4 Å². The van der Waals surface area contributed by atoms with Gasteiger partial charge in [-0.25, -0.2) is 10.4 Å². The smallest absolute Gasteiger partial charge is 0.295 e. The van der Waals surface area contributed by atoms with E-state index in [1.807, 2.05) is 6.07 Å². The van der Waals surface area contributed by atoms with E-state index in [0.29, 0.717) is 22.2 Å². The second-order valence-electron chi connectivity index (χ2n) is 4.86. The highest BCUT2D eigenvalue weighted by atomic mass is 16.2. The number of hydrogen-bond acceptors (Lipinski definition) is 5. The fourth-order valence-electron chi connectivity index (χ4n) is 2.05. The first kappa shape index (κ1) is 15.1. The molecule has 3 rings (SSSR count). The second-order valence-corrected chi connectivity index (χ2v) is 4.86. The molecule has 7 nitrogen and oxygen atoms in total. The van der Waals surface area contributed by atoms with Crippen molar-refractivity contribution in [2.45, 2.75) is 0 Å². The number of hydrogen-bond donors (Lipinski definition) is 2. The summed E-state index contributed by atoms with van der Waals surface area (Å²) in [6.07, 6.45) is 1.41. The lowest BCUT2D eigenvalue weighted by Gasteiger charge is -2.01. The molecule has 2 aromatic carbocycles. The van der Waals surface area contributed by atoms with E-state index in [4.69, 9.17) is 5.26 Å². The lowest BCUT2D eigenvalue weighted by Crippen LogP contribution is -2.28. The molecule has 0 bridgehead atoms. The van der Waals surface area contributed by atoms with Crippen LogP contribution in [0, 0.1) is 11.3 Å². The Morgan fingerprint density at radius 2 is 1.96 bits per heavy atom. The van der Waals surface area contributed by atoms with Crippen molar-refractivity contribution in [3.63, 3.8) is 0 Å². The predicted molar refractivity (Wildman–Crippen MR) is 88.6 cm³/mol. The van der Waals surface area contributed by atoms with Gasteiger partial charge in [0.15, 0.2) is 5.69 Å². The van der Waals surface area contributed by atoms with Crippen LogP contribution in [0.2, 0.25) is 0 Å². The zero-order valence-corrected chi connectivity index (χ0v) is 12.4. The van der Waals surface area contributed by atoms with Crippen LogP contribution < -0.4 is 11.0 Å². The highest BCUT2D eigenvalue weighted by Crippen LogP contribution is 2.05. The zero-order valence-electron chi connectivity index (χ0n) is 12.4. The van der Waals surface area contributed by atoms with Crippen LogP contribution in [-0.2, 0) is 0 Å². The van der Waals surface area contributed by atoms with Gasteiger partial charge in [-0.15, -0.1) is 0 Å². The molecule has 0 spiro atoms. The first-order chi connectivity index (χ1) is 11.7. The van der Waals surface area contributed by atoms with Gasteiger partial charge in [-0.3, -0.25) is 9.59 Å². The van der Waals surface area contributed by atoms with Crippen LogP contribution in [0.25, 0.3) is 11.0 Å². The maximum Gasteiger partial charge on any atom is 0.295 e. The number of benzene rings is 2. The molecule has 0 atom stereocenters. The fraction of sp³-hybridized carbons (Fsp3) is 0. The number of nitriles is 1. The maximum atomic E-state index is 12.0. The fourth-order valence-corrected chi connectivity index (χ4v) is 2.05. The summed E-state index contributed by atoms with van der Waals surface area (Å²) in [4.78, 5) is 30.6. The summed E-state index contributed by atoms with van der Waals surface area (Å²) in [7, 11) is 0. The molecular formula is C17H11N5O2. The van der Waals surface area contributed by atoms with Crippen LogP contribution in [0.4, 0.5) is 0 Å². The molecule has 0 aliphatic heterocycles. The van der Waals surface area contributed by atoms with E-state index in [9.17, 15) is 9.59 Å². The number of rotatable bonds is 3. The molecule has 0 unspecified atom stereocenters. The molecule has 2 N–H and O–H groups in total. The van der Waals surface area contributed by atoms with Crippen molar-refractivity contribution in [1.82, 2.24) is 15.4 Å². The quantitative estimate of drug-likeness (QED) is 0.564. The molecule has 0 fully saturated rings. The molecule has 7 heteroatoms. The van der Waals surface area contributed by atoms with Crippen molar-refractivity contribution < 1.29 is 4.79 Å². The molecule has 0 saturated heterocycles. The molecule has 1 heterocycles. The molecule has 3 aromatic rings. The number of aromatic amines is 1.